The molecule has 0 unspecified atom stereocenters. The molecular weight excluding hydrogens is 447 g/mol. The number of hydrogen-bond acceptors (Lipinski definition) is 4. The molecule has 0 amide bonds. The summed E-state index contributed by atoms with van der Waals surface area (Å²) in [6.07, 6.45) is 4.45. The van der Waals surface area contributed by atoms with Crippen molar-refractivity contribution >= 4 is 34.9 Å². The largest absolute Gasteiger partial charge is 0.489 e. The SMILES string of the molecule is Cc1c(Cl)ccc(OC2CCN(CC3CCN(c4cccc(C(=O)O)c4)CC3)CC2)c1Cl. The Kier molecular flexibility index (Phi) is 7.49. The average Bonchev–Trinajstić information content (AvgIpc) is 2.81. The summed E-state index contributed by atoms with van der Waals surface area (Å²) in [5.41, 5.74) is 2.23. The van der Waals surface area contributed by atoms with Crippen molar-refractivity contribution in [1.29, 1.82) is 0 Å². The number of ether oxygens (including phenoxy) is 1. The van der Waals surface area contributed by atoms with Gasteiger partial charge in [0.2, 0.25) is 0 Å². The Morgan fingerprint density at radius 1 is 1.06 bits per heavy atom. The molecule has 2 heterocycles. The molecule has 2 aliphatic rings. The first kappa shape index (κ1) is 23.2. The molecule has 0 aromatic heterocycles. The van der Waals surface area contributed by atoms with Crippen molar-refractivity contribution in [3.8, 4) is 5.75 Å². The van der Waals surface area contributed by atoms with Crippen molar-refractivity contribution in [3.05, 3.63) is 57.6 Å². The third kappa shape index (κ3) is 5.51. The van der Waals surface area contributed by atoms with Gasteiger partial charge in [0, 0.05) is 43.4 Å². The molecule has 0 spiro atoms. The van der Waals surface area contributed by atoms with Crippen LogP contribution in [0.25, 0.3) is 0 Å². The summed E-state index contributed by atoms with van der Waals surface area (Å²) in [7, 11) is 0. The predicted molar refractivity (Wildman–Crippen MR) is 130 cm³/mol. The number of aromatic carboxylic acids is 1. The number of carboxylic acids is 1. The minimum absolute atomic E-state index is 0.188. The molecule has 172 valence electrons. The van der Waals surface area contributed by atoms with Crippen molar-refractivity contribution in [2.45, 2.75) is 38.7 Å². The molecular formula is C25H30Cl2N2O3. The highest BCUT2D eigenvalue weighted by molar-refractivity contribution is 6.36. The lowest BCUT2D eigenvalue weighted by atomic mass is 9.94. The molecule has 0 bridgehead atoms. The minimum Gasteiger partial charge on any atom is -0.489 e. The zero-order valence-electron chi connectivity index (χ0n) is 18.4. The fraction of sp³-hybridized carbons (Fsp3) is 0.480. The van der Waals surface area contributed by atoms with Crippen molar-refractivity contribution in [3.63, 3.8) is 0 Å². The molecule has 2 fully saturated rings. The van der Waals surface area contributed by atoms with Crippen LogP contribution < -0.4 is 9.64 Å². The predicted octanol–water partition coefficient (Wildman–Crippen LogP) is 5.76. The number of rotatable bonds is 6. The van der Waals surface area contributed by atoms with Crippen LogP contribution in [0.2, 0.25) is 10.0 Å². The van der Waals surface area contributed by atoms with E-state index in [1.807, 2.05) is 31.2 Å². The number of halogens is 2. The van der Waals surface area contributed by atoms with Gasteiger partial charge in [-0.1, -0.05) is 29.3 Å². The van der Waals surface area contributed by atoms with Crippen molar-refractivity contribution in [2.75, 3.05) is 37.6 Å². The van der Waals surface area contributed by atoms with Gasteiger partial charge in [-0.15, -0.1) is 0 Å². The normalized spacial score (nSPS) is 18.7. The fourth-order valence-corrected chi connectivity index (χ4v) is 5.11. The van der Waals surface area contributed by atoms with Crippen LogP contribution in [0.5, 0.6) is 5.75 Å². The number of benzene rings is 2. The van der Waals surface area contributed by atoms with E-state index >= 15 is 0 Å². The lowest BCUT2D eigenvalue weighted by Gasteiger charge is -2.38. The van der Waals surface area contributed by atoms with Crippen LogP contribution in [-0.2, 0) is 0 Å². The number of nitrogens with zero attached hydrogens (tertiary/aromatic N) is 2. The van der Waals surface area contributed by atoms with Crippen LogP contribution in [0.15, 0.2) is 36.4 Å². The third-order valence-electron chi connectivity index (χ3n) is 6.70. The Labute approximate surface area is 199 Å². The highest BCUT2D eigenvalue weighted by atomic mass is 35.5. The maximum Gasteiger partial charge on any atom is 0.335 e. The molecule has 0 radical (unpaired) electrons. The second kappa shape index (κ2) is 10.3. The minimum atomic E-state index is -0.873. The summed E-state index contributed by atoms with van der Waals surface area (Å²) in [6, 6.07) is 11.0. The fourth-order valence-electron chi connectivity index (χ4n) is 4.69. The molecule has 0 atom stereocenters. The van der Waals surface area contributed by atoms with Gasteiger partial charge in [-0.25, -0.2) is 4.79 Å². The van der Waals surface area contributed by atoms with Crippen LogP contribution in [0.1, 0.15) is 41.6 Å². The second-order valence-electron chi connectivity index (χ2n) is 8.89. The number of anilines is 1. The average molecular weight is 477 g/mol. The van der Waals surface area contributed by atoms with E-state index in [4.69, 9.17) is 27.9 Å². The molecule has 1 N–H and O–H groups in total. The summed E-state index contributed by atoms with van der Waals surface area (Å²) >= 11 is 12.5. The van der Waals surface area contributed by atoms with Gasteiger partial charge in [-0.3, -0.25) is 0 Å². The Hall–Kier alpha value is -1.95. The third-order valence-corrected chi connectivity index (χ3v) is 7.58. The maximum absolute atomic E-state index is 11.2. The first-order chi connectivity index (χ1) is 15.4. The summed E-state index contributed by atoms with van der Waals surface area (Å²) in [4.78, 5) is 16.1. The summed E-state index contributed by atoms with van der Waals surface area (Å²) < 4.78 is 6.18. The summed E-state index contributed by atoms with van der Waals surface area (Å²) in [5.74, 6) is 0.536. The Morgan fingerprint density at radius 3 is 2.47 bits per heavy atom. The lowest BCUT2D eigenvalue weighted by Crippen LogP contribution is -2.43. The van der Waals surface area contributed by atoms with Crippen LogP contribution >= 0.6 is 23.2 Å². The Bertz CT molecular complexity index is 952. The monoisotopic (exact) mass is 476 g/mol. The zero-order chi connectivity index (χ0) is 22.7. The second-order valence-corrected chi connectivity index (χ2v) is 9.67. The smallest absolute Gasteiger partial charge is 0.335 e. The van der Waals surface area contributed by atoms with Gasteiger partial charge < -0.3 is 19.6 Å². The van der Waals surface area contributed by atoms with Gasteiger partial charge in [0.15, 0.2) is 0 Å². The van der Waals surface area contributed by atoms with Gasteiger partial charge in [-0.05, 0) is 74.4 Å². The van der Waals surface area contributed by atoms with Crippen molar-refractivity contribution in [1.82, 2.24) is 4.90 Å². The van der Waals surface area contributed by atoms with Crippen LogP contribution in [0, 0.1) is 12.8 Å². The zero-order valence-corrected chi connectivity index (χ0v) is 19.9. The molecule has 2 aromatic carbocycles. The van der Waals surface area contributed by atoms with Crippen molar-refractivity contribution in [2.24, 2.45) is 5.92 Å². The summed E-state index contributed by atoms with van der Waals surface area (Å²) in [5, 5.41) is 10.5. The Balaban J connectivity index is 1.22. The molecule has 2 aliphatic heterocycles. The van der Waals surface area contributed by atoms with Gasteiger partial charge in [0.1, 0.15) is 11.9 Å². The van der Waals surface area contributed by atoms with E-state index in [1.54, 1.807) is 12.1 Å². The number of likely N-dealkylation sites (tertiary alicyclic amines) is 1. The first-order valence-corrected chi connectivity index (χ1v) is 12.1. The standard InChI is InChI=1S/C25H30Cl2N2O3/c1-17-22(26)5-6-23(24(17)27)32-21-9-11-28(12-10-21)16-18-7-13-29(14-8-18)20-4-2-3-19(15-20)25(30)31/h2-6,15,18,21H,7-14,16H2,1H3,(H,30,31). The van der Waals surface area contributed by atoms with E-state index in [9.17, 15) is 9.90 Å². The van der Waals surface area contributed by atoms with E-state index in [2.05, 4.69) is 9.80 Å². The van der Waals surface area contributed by atoms with Crippen LogP contribution in [0.3, 0.4) is 0 Å². The van der Waals surface area contributed by atoms with Gasteiger partial charge in [0.25, 0.3) is 0 Å². The molecule has 2 saturated heterocycles. The van der Waals surface area contributed by atoms with E-state index < -0.39 is 5.97 Å². The van der Waals surface area contributed by atoms with Crippen LogP contribution in [0.4, 0.5) is 5.69 Å². The number of carbonyl (C=O) groups is 1. The summed E-state index contributed by atoms with van der Waals surface area (Å²) in [6.45, 7) is 7.06. The van der Waals surface area contributed by atoms with Crippen LogP contribution in [-0.4, -0.2) is 54.8 Å². The number of hydrogen-bond donors (Lipinski definition) is 1. The highest BCUT2D eigenvalue weighted by Gasteiger charge is 2.26. The van der Waals surface area contributed by atoms with E-state index in [0.29, 0.717) is 21.5 Å². The lowest BCUT2D eigenvalue weighted by molar-refractivity contribution is 0.0697. The molecule has 0 aliphatic carbocycles. The molecule has 2 aromatic rings. The molecule has 0 saturated carbocycles. The van der Waals surface area contributed by atoms with E-state index in [0.717, 1.165) is 75.4 Å². The highest BCUT2D eigenvalue weighted by Crippen LogP contribution is 2.34. The Morgan fingerprint density at radius 2 is 1.78 bits per heavy atom. The number of carboxylic acid groups (broad SMARTS) is 1. The molecule has 32 heavy (non-hydrogen) atoms. The number of piperidine rings is 2. The maximum atomic E-state index is 11.2. The topological polar surface area (TPSA) is 53.0 Å². The quantitative estimate of drug-likeness (QED) is 0.574. The van der Waals surface area contributed by atoms with E-state index in [1.165, 1.54) is 0 Å². The van der Waals surface area contributed by atoms with Crippen molar-refractivity contribution < 1.29 is 14.6 Å². The molecule has 4 rings (SSSR count). The van der Waals surface area contributed by atoms with E-state index in [-0.39, 0.29) is 6.10 Å². The first-order valence-electron chi connectivity index (χ1n) is 11.3. The molecule has 5 nitrogen and oxygen atoms in total. The van der Waals surface area contributed by atoms with Gasteiger partial charge >= 0.3 is 5.97 Å². The molecule has 7 heteroatoms. The van der Waals surface area contributed by atoms with Gasteiger partial charge in [0.05, 0.1) is 10.6 Å². The van der Waals surface area contributed by atoms with Gasteiger partial charge in [-0.2, -0.15) is 0 Å².